The molecule has 128 valence electrons. The van der Waals surface area contributed by atoms with Crippen LogP contribution in [0.3, 0.4) is 0 Å². The van der Waals surface area contributed by atoms with Gasteiger partial charge in [-0.15, -0.1) is 0 Å². The largest absolute Gasteiger partial charge is 0.354 e. The summed E-state index contributed by atoms with van der Waals surface area (Å²) in [5, 5.41) is 12.7. The van der Waals surface area contributed by atoms with E-state index in [0.29, 0.717) is 20.9 Å². The number of anilines is 2. The normalized spacial score (nSPS) is 10.6. The molecule has 8 heteroatoms. The van der Waals surface area contributed by atoms with E-state index in [-0.39, 0.29) is 5.56 Å². The number of benzene rings is 2. The second-order valence-corrected chi connectivity index (χ2v) is 7.64. The van der Waals surface area contributed by atoms with Crippen molar-refractivity contribution in [3.8, 4) is 5.69 Å². The molecule has 1 heterocycles. The van der Waals surface area contributed by atoms with Crippen molar-refractivity contribution in [2.24, 2.45) is 0 Å². The lowest BCUT2D eigenvalue weighted by molar-refractivity contribution is 0.0707. The molecule has 0 aliphatic carbocycles. The molecule has 0 aliphatic heterocycles. The number of amides is 1. The Hall–Kier alpha value is -1.55. The molecule has 25 heavy (non-hydrogen) atoms. The average molecular weight is 533 g/mol. The first kappa shape index (κ1) is 18.2. The Morgan fingerprint density at radius 1 is 1.16 bits per heavy atom. The molecule has 1 amide bonds. The zero-order chi connectivity index (χ0) is 18.0. The molecule has 0 fully saturated rings. The Morgan fingerprint density at radius 2 is 1.88 bits per heavy atom. The Kier molecular flexibility index (Phi) is 5.67. The Balaban J connectivity index is 2.11. The molecule has 3 rings (SSSR count). The maximum Gasteiger partial charge on any atom is 0.276 e. The lowest BCUT2D eigenvalue weighted by Gasteiger charge is -2.16. The minimum atomic E-state index is -0.621. The molecule has 0 spiro atoms. The van der Waals surface area contributed by atoms with E-state index in [9.17, 15) is 4.79 Å². The van der Waals surface area contributed by atoms with Gasteiger partial charge < -0.3 is 9.88 Å². The van der Waals surface area contributed by atoms with Crippen molar-refractivity contribution >= 4 is 67.4 Å². The lowest BCUT2D eigenvalue weighted by Crippen LogP contribution is -2.20. The average Bonchev–Trinajstić information content (AvgIpc) is 3.12. The number of hydroxylamine groups is 1. The van der Waals surface area contributed by atoms with Crippen molar-refractivity contribution in [2.75, 3.05) is 5.32 Å². The maximum atomic E-state index is 12.1. The molecule has 0 bridgehead atoms. The van der Waals surface area contributed by atoms with E-state index in [1.807, 2.05) is 53.4 Å². The first-order chi connectivity index (χ1) is 12.0. The fourth-order valence-corrected chi connectivity index (χ4v) is 3.79. The molecule has 0 saturated carbocycles. The zero-order valence-electron chi connectivity index (χ0n) is 12.6. The predicted octanol–water partition coefficient (Wildman–Crippen LogP) is 5.36. The second kappa shape index (κ2) is 7.77. The number of carbonyl (C=O) groups is 1. The Labute approximate surface area is 171 Å². The molecule has 0 saturated heterocycles. The molecule has 0 unspecified atom stereocenters. The van der Waals surface area contributed by atoms with Crippen LogP contribution in [0.5, 0.6) is 0 Å². The van der Waals surface area contributed by atoms with E-state index in [1.165, 1.54) is 0 Å². The lowest BCUT2D eigenvalue weighted by atomic mass is 10.1. The highest BCUT2D eigenvalue weighted by Gasteiger charge is 2.16. The van der Waals surface area contributed by atoms with Crippen LogP contribution in [0.4, 0.5) is 11.4 Å². The van der Waals surface area contributed by atoms with E-state index in [1.54, 1.807) is 11.5 Å². The van der Waals surface area contributed by atoms with Gasteiger partial charge in [0.15, 0.2) is 0 Å². The number of hydrogen-bond donors (Lipinski definition) is 3. The summed E-state index contributed by atoms with van der Waals surface area (Å²) in [6.07, 6.45) is 3.79. The quantitative estimate of drug-likeness (QED) is 0.241. The molecule has 5 nitrogen and oxygen atoms in total. The van der Waals surface area contributed by atoms with Gasteiger partial charge in [-0.25, -0.2) is 5.48 Å². The summed E-state index contributed by atoms with van der Waals surface area (Å²) in [4.78, 5) is 12.1. The van der Waals surface area contributed by atoms with Gasteiger partial charge in [0.25, 0.3) is 5.91 Å². The minimum Gasteiger partial charge on any atom is -0.354 e. The van der Waals surface area contributed by atoms with Gasteiger partial charge in [-0.2, -0.15) is 0 Å². The first-order valence-corrected chi connectivity index (χ1v) is 9.38. The summed E-state index contributed by atoms with van der Waals surface area (Å²) in [5.74, 6) is -0.621. The van der Waals surface area contributed by atoms with Crippen LogP contribution in [-0.2, 0) is 0 Å². The van der Waals surface area contributed by atoms with Crippen LogP contribution in [0, 0.1) is 3.57 Å². The summed E-state index contributed by atoms with van der Waals surface area (Å²) >= 11 is 11.9. The fraction of sp³-hybridized carbons (Fsp3) is 0. The van der Waals surface area contributed by atoms with Crippen molar-refractivity contribution in [2.45, 2.75) is 0 Å². The van der Waals surface area contributed by atoms with Crippen molar-refractivity contribution in [3.63, 3.8) is 0 Å². The molecule has 0 atom stereocenters. The third-order valence-corrected chi connectivity index (χ3v) is 5.14. The van der Waals surface area contributed by atoms with Crippen LogP contribution >= 0.6 is 50.1 Å². The van der Waals surface area contributed by atoms with Crippen LogP contribution in [-0.4, -0.2) is 15.7 Å². The third kappa shape index (κ3) is 4.00. The summed E-state index contributed by atoms with van der Waals surface area (Å²) in [6, 6.07) is 12.8. The minimum absolute atomic E-state index is 0.278. The molecule has 1 aromatic heterocycles. The maximum absolute atomic E-state index is 12.1. The Morgan fingerprint density at radius 3 is 2.52 bits per heavy atom. The van der Waals surface area contributed by atoms with Gasteiger partial charge in [-0.05, 0) is 81.0 Å². The molecular weight excluding hydrogens is 520 g/mol. The molecule has 3 aromatic rings. The predicted molar refractivity (Wildman–Crippen MR) is 110 cm³/mol. The van der Waals surface area contributed by atoms with Gasteiger partial charge >= 0.3 is 0 Å². The van der Waals surface area contributed by atoms with Gasteiger partial charge in [0.1, 0.15) is 0 Å². The number of carbonyl (C=O) groups excluding carboxylic acids is 1. The van der Waals surface area contributed by atoms with Gasteiger partial charge in [-0.1, -0.05) is 11.6 Å². The van der Waals surface area contributed by atoms with Gasteiger partial charge in [0.05, 0.1) is 27.6 Å². The number of aromatic nitrogens is 1. The van der Waals surface area contributed by atoms with Crippen LogP contribution in [0.25, 0.3) is 5.69 Å². The summed E-state index contributed by atoms with van der Waals surface area (Å²) < 4.78 is 3.62. The highest BCUT2D eigenvalue weighted by molar-refractivity contribution is 14.1. The number of hydrogen-bond acceptors (Lipinski definition) is 3. The topological polar surface area (TPSA) is 66.3 Å². The highest BCUT2D eigenvalue weighted by Crippen LogP contribution is 2.33. The molecule has 0 aliphatic rings. The van der Waals surface area contributed by atoms with Crippen molar-refractivity contribution < 1.29 is 10.0 Å². The standard InChI is InChI=1S/C17H12BrClIN3O2/c18-12-8-11(17(24)22-25)15(9-16(12)23-5-1-2-6-23)21-14-4-3-10(20)7-13(14)19/h1-9,21,25H,(H,22,24). The first-order valence-electron chi connectivity index (χ1n) is 7.13. The monoisotopic (exact) mass is 531 g/mol. The van der Waals surface area contributed by atoms with Crippen molar-refractivity contribution in [1.82, 2.24) is 10.0 Å². The van der Waals surface area contributed by atoms with Crippen LogP contribution in [0.1, 0.15) is 10.4 Å². The number of halogens is 3. The van der Waals surface area contributed by atoms with Gasteiger partial charge in [-0.3, -0.25) is 10.0 Å². The van der Waals surface area contributed by atoms with Crippen molar-refractivity contribution in [3.05, 3.63) is 73.5 Å². The SMILES string of the molecule is O=C(NO)c1cc(Br)c(-n2cccc2)cc1Nc1ccc(I)cc1Cl. The van der Waals surface area contributed by atoms with E-state index in [2.05, 4.69) is 43.8 Å². The van der Waals surface area contributed by atoms with Gasteiger partial charge in [0, 0.05) is 20.4 Å². The van der Waals surface area contributed by atoms with Crippen molar-refractivity contribution in [1.29, 1.82) is 0 Å². The third-order valence-electron chi connectivity index (χ3n) is 3.52. The van der Waals surface area contributed by atoms with E-state index in [0.717, 1.165) is 9.26 Å². The number of rotatable bonds is 4. The van der Waals surface area contributed by atoms with Crippen LogP contribution in [0.2, 0.25) is 5.02 Å². The summed E-state index contributed by atoms with van der Waals surface area (Å²) in [7, 11) is 0. The van der Waals surface area contributed by atoms with E-state index >= 15 is 0 Å². The molecule has 0 radical (unpaired) electrons. The molecular formula is C17H12BrClIN3O2. The van der Waals surface area contributed by atoms with Crippen LogP contribution < -0.4 is 10.8 Å². The zero-order valence-corrected chi connectivity index (χ0v) is 17.1. The van der Waals surface area contributed by atoms with E-state index in [4.69, 9.17) is 16.8 Å². The Bertz CT molecular complexity index is 932. The number of nitrogens with one attached hydrogen (secondary N) is 2. The second-order valence-electron chi connectivity index (χ2n) is 5.13. The summed E-state index contributed by atoms with van der Waals surface area (Å²) in [5.41, 5.74) is 3.96. The summed E-state index contributed by atoms with van der Waals surface area (Å²) in [6.45, 7) is 0. The van der Waals surface area contributed by atoms with Crippen LogP contribution in [0.15, 0.2) is 59.3 Å². The molecule has 3 N–H and O–H groups in total. The van der Waals surface area contributed by atoms with E-state index < -0.39 is 5.91 Å². The highest BCUT2D eigenvalue weighted by atomic mass is 127. The smallest absolute Gasteiger partial charge is 0.276 e. The number of nitrogens with zero attached hydrogens (tertiary/aromatic N) is 1. The fourth-order valence-electron chi connectivity index (χ4n) is 2.34. The molecule has 2 aromatic carbocycles. The van der Waals surface area contributed by atoms with Gasteiger partial charge in [0.2, 0.25) is 0 Å².